The molecule has 0 aliphatic heterocycles. The van der Waals surface area contributed by atoms with Crippen LogP contribution in [0.1, 0.15) is 6.92 Å². The Bertz CT molecular complexity index is 870. The summed E-state index contributed by atoms with van der Waals surface area (Å²) < 4.78 is 30.8. The summed E-state index contributed by atoms with van der Waals surface area (Å²) in [5.74, 6) is -1.89. The highest BCUT2D eigenvalue weighted by atomic mass is 32.2. The highest BCUT2D eigenvalue weighted by molar-refractivity contribution is 7.89. The van der Waals surface area contributed by atoms with Crippen molar-refractivity contribution in [2.75, 3.05) is 13.6 Å². The summed E-state index contributed by atoms with van der Waals surface area (Å²) in [6, 6.07) is 6.78. The summed E-state index contributed by atoms with van der Waals surface area (Å²) >= 11 is 0. The summed E-state index contributed by atoms with van der Waals surface area (Å²) in [6.45, 7) is 1.29. The highest BCUT2D eigenvalue weighted by Gasteiger charge is 2.25. The van der Waals surface area contributed by atoms with Gasteiger partial charge in [0.15, 0.2) is 0 Å². The number of sulfonamides is 1. The Labute approximate surface area is 126 Å². The van der Waals surface area contributed by atoms with Crippen LogP contribution in [0, 0.1) is 5.92 Å². The van der Waals surface area contributed by atoms with Gasteiger partial charge < -0.3 is 9.52 Å². The summed E-state index contributed by atoms with van der Waals surface area (Å²) in [5.41, 5.74) is -0.233. The number of fused-ring (bicyclic) bond motifs is 1. The van der Waals surface area contributed by atoms with Crippen molar-refractivity contribution < 1.29 is 22.7 Å². The van der Waals surface area contributed by atoms with Gasteiger partial charge in [0, 0.05) is 25.0 Å². The standard InChI is InChI=1S/C14H15NO6S/c1-9(14(17)18)8-15(2)22(19,20)11-4-5-12-10(7-11)3-6-13(16)21-12/h3-7,9H,8H2,1-2H3,(H,17,18). The van der Waals surface area contributed by atoms with Gasteiger partial charge in [-0.25, -0.2) is 17.5 Å². The van der Waals surface area contributed by atoms with E-state index in [0.29, 0.717) is 5.39 Å². The SMILES string of the molecule is CC(CN(C)S(=O)(=O)c1ccc2oc(=O)ccc2c1)C(=O)O. The Morgan fingerprint density at radius 1 is 1.32 bits per heavy atom. The minimum absolute atomic E-state index is 0.00828. The summed E-state index contributed by atoms with van der Waals surface area (Å²) in [5, 5.41) is 9.34. The van der Waals surface area contributed by atoms with E-state index >= 15 is 0 Å². The Morgan fingerprint density at radius 3 is 2.64 bits per heavy atom. The second-order valence-corrected chi connectivity index (χ2v) is 7.02. The quantitative estimate of drug-likeness (QED) is 0.826. The van der Waals surface area contributed by atoms with E-state index < -0.39 is 27.5 Å². The van der Waals surface area contributed by atoms with Gasteiger partial charge in [-0.1, -0.05) is 6.92 Å². The van der Waals surface area contributed by atoms with Crippen molar-refractivity contribution in [2.45, 2.75) is 11.8 Å². The first kappa shape index (κ1) is 16.2. The topological polar surface area (TPSA) is 105 Å². The van der Waals surface area contributed by atoms with Gasteiger partial charge in [0.05, 0.1) is 10.8 Å². The van der Waals surface area contributed by atoms with Crippen molar-refractivity contribution in [1.29, 1.82) is 0 Å². The van der Waals surface area contributed by atoms with Gasteiger partial charge in [0.1, 0.15) is 5.58 Å². The maximum Gasteiger partial charge on any atom is 0.336 e. The number of nitrogens with zero attached hydrogens (tertiary/aromatic N) is 1. The first-order valence-electron chi connectivity index (χ1n) is 6.45. The van der Waals surface area contributed by atoms with E-state index in [1.54, 1.807) is 0 Å². The van der Waals surface area contributed by atoms with E-state index in [1.165, 1.54) is 44.3 Å². The number of hydrogen-bond acceptors (Lipinski definition) is 5. The molecule has 0 aliphatic carbocycles. The van der Waals surface area contributed by atoms with Gasteiger partial charge >= 0.3 is 11.6 Å². The molecule has 0 radical (unpaired) electrons. The van der Waals surface area contributed by atoms with Crippen molar-refractivity contribution >= 4 is 27.0 Å². The van der Waals surface area contributed by atoms with Gasteiger partial charge in [-0.3, -0.25) is 4.79 Å². The third-order valence-electron chi connectivity index (χ3n) is 3.25. The Kier molecular flexibility index (Phi) is 4.34. The predicted molar refractivity (Wildman–Crippen MR) is 79.1 cm³/mol. The van der Waals surface area contributed by atoms with Gasteiger partial charge in [-0.2, -0.15) is 0 Å². The van der Waals surface area contributed by atoms with Crippen LogP contribution in [0.4, 0.5) is 0 Å². The third kappa shape index (κ3) is 3.18. The molecular weight excluding hydrogens is 310 g/mol. The molecule has 118 valence electrons. The second kappa shape index (κ2) is 5.90. The number of carboxylic acids is 1. The summed E-state index contributed by atoms with van der Waals surface area (Å²) in [4.78, 5) is 22.0. The van der Waals surface area contributed by atoms with Crippen LogP contribution in [0.15, 0.2) is 44.4 Å². The van der Waals surface area contributed by atoms with E-state index in [4.69, 9.17) is 9.52 Å². The first-order valence-corrected chi connectivity index (χ1v) is 7.89. The van der Waals surface area contributed by atoms with Crippen molar-refractivity contribution in [3.8, 4) is 0 Å². The average Bonchev–Trinajstić information content (AvgIpc) is 2.46. The maximum absolute atomic E-state index is 12.4. The molecule has 0 amide bonds. The minimum Gasteiger partial charge on any atom is -0.481 e. The van der Waals surface area contributed by atoms with Crippen molar-refractivity contribution in [3.05, 3.63) is 40.8 Å². The zero-order chi connectivity index (χ0) is 16.5. The molecule has 1 N–H and O–H groups in total. The molecule has 0 saturated heterocycles. The van der Waals surface area contributed by atoms with E-state index in [-0.39, 0.29) is 17.0 Å². The molecule has 2 rings (SSSR count). The smallest absolute Gasteiger partial charge is 0.336 e. The molecule has 1 aromatic heterocycles. The fourth-order valence-electron chi connectivity index (χ4n) is 1.95. The molecule has 8 heteroatoms. The van der Waals surface area contributed by atoms with Crippen LogP contribution in [0.25, 0.3) is 11.0 Å². The van der Waals surface area contributed by atoms with Crippen LogP contribution in [0.2, 0.25) is 0 Å². The molecule has 1 unspecified atom stereocenters. The molecule has 22 heavy (non-hydrogen) atoms. The third-order valence-corrected chi connectivity index (χ3v) is 5.07. The number of rotatable bonds is 5. The number of hydrogen-bond donors (Lipinski definition) is 1. The molecule has 0 fully saturated rings. The highest BCUT2D eigenvalue weighted by Crippen LogP contribution is 2.21. The van der Waals surface area contributed by atoms with Crippen molar-refractivity contribution in [3.63, 3.8) is 0 Å². The average molecular weight is 325 g/mol. The van der Waals surface area contributed by atoms with E-state index in [9.17, 15) is 18.0 Å². The maximum atomic E-state index is 12.4. The summed E-state index contributed by atoms with van der Waals surface area (Å²) in [6.07, 6.45) is 0. The van der Waals surface area contributed by atoms with E-state index in [1.807, 2.05) is 0 Å². The van der Waals surface area contributed by atoms with Crippen LogP contribution in [-0.4, -0.2) is 37.4 Å². The molecular formula is C14H15NO6S. The Hall–Kier alpha value is -2.19. The molecule has 1 aromatic carbocycles. The first-order chi connectivity index (χ1) is 10.2. The van der Waals surface area contributed by atoms with Crippen LogP contribution >= 0.6 is 0 Å². The number of carboxylic acid groups (broad SMARTS) is 1. The predicted octanol–water partition coefficient (Wildman–Crippen LogP) is 1.13. The number of carbonyl (C=O) groups is 1. The molecule has 1 heterocycles. The summed E-state index contributed by atoms with van der Waals surface area (Å²) in [7, 11) is -2.50. The lowest BCUT2D eigenvalue weighted by molar-refractivity contribution is -0.141. The van der Waals surface area contributed by atoms with Crippen LogP contribution in [0.5, 0.6) is 0 Å². The molecule has 0 saturated carbocycles. The fraction of sp³-hybridized carbons (Fsp3) is 0.286. The Morgan fingerprint density at radius 2 is 2.00 bits per heavy atom. The normalized spacial score (nSPS) is 13.4. The minimum atomic E-state index is -3.82. The van der Waals surface area contributed by atoms with E-state index in [0.717, 1.165) is 4.31 Å². The van der Waals surface area contributed by atoms with E-state index in [2.05, 4.69) is 0 Å². The van der Waals surface area contributed by atoms with Crippen molar-refractivity contribution in [1.82, 2.24) is 4.31 Å². The molecule has 0 aliphatic rings. The lowest BCUT2D eigenvalue weighted by atomic mass is 10.2. The zero-order valence-corrected chi connectivity index (χ0v) is 12.8. The van der Waals surface area contributed by atoms with Crippen LogP contribution < -0.4 is 5.63 Å². The number of benzene rings is 1. The van der Waals surface area contributed by atoms with Gasteiger partial charge in [-0.05, 0) is 24.3 Å². The largest absolute Gasteiger partial charge is 0.481 e. The fourth-order valence-corrected chi connectivity index (χ4v) is 3.25. The monoisotopic (exact) mass is 325 g/mol. The lowest BCUT2D eigenvalue weighted by Gasteiger charge is -2.19. The molecule has 7 nitrogen and oxygen atoms in total. The zero-order valence-electron chi connectivity index (χ0n) is 12.0. The molecule has 2 aromatic rings. The van der Waals surface area contributed by atoms with Gasteiger partial charge in [0.25, 0.3) is 0 Å². The van der Waals surface area contributed by atoms with Crippen LogP contribution in [-0.2, 0) is 14.8 Å². The lowest BCUT2D eigenvalue weighted by Crippen LogP contribution is -2.33. The second-order valence-electron chi connectivity index (χ2n) is 4.98. The van der Waals surface area contributed by atoms with Crippen LogP contribution in [0.3, 0.4) is 0 Å². The van der Waals surface area contributed by atoms with Gasteiger partial charge in [-0.15, -0.1) is 0 Å². The molecule has 1 atom stereocenters. The van der Waals surface area contributed by atoms with Gasteiger partial charge in [0.2, 0.25) is 10.0 Å². The number of aliphatic carboxylic acids is 1. The van der Waals surface area contributed by atoms with Crippen molar-refractivity contribution in [2.24, 2.45) is 5.92 Å². The molecule has 0 spiro atoms. The molecule has 0 bridgehead atoms. The Balaban J connectivity index is 2.38.